The van der Waals surface area contributed by atoms with E-state index >= 15 is 0 Å². The van der Waals surface area contributed by atoms with Crippen LogP contribution in [-0.2, 0) is 0 Å². The molecule has 1 heterocycles. The van der Waals surface area contributed by atoms with Gasteiger partial charge < -0.3 is 15.7 Å². The van der Waals surface area contributed by atoms with Crippen LogP contribution in [0, 0.1) is 0 Å². The molecule has 3 N–H and O–H groups in total. The maximum absolute atomic E-state index is 9.27. The van der Waals surface area contributed by atoms with Crippen LogP contribution in [-0.4, -0.2) is 27.7 Å². The normalized spacial score (nSPS) is 11.8. The van der Waals surface area contributed by atoms with Gasteiger partial charge in [-0.3, -0.25) is 0 Å². The van der Waals surface area contributed by atoms with Crippen molar-refractivity contribution in [3.8, 4) is 11.3 Å². The number of aliphatic hydroxyl groups excluding tert-OH is 1. The lowest BCUT2D eigenvalue weighted by Crippen LogP contribution is -2.21. The topological polar surface area (TPSA) is 70.1 Å². The number of rotatable bonds is 6. The average Bonchev–Trinajstić information content (AvgIpc) is 2.64. The van der Waals surface area contributed by atoms with Gasteiger partial charge in [-0.2, -0.15) is 4.98 Å². The van der Waals surface area contributed by atoms with Crippen LogP contribution in [0.25, 0.3) is 11.3 Å². The Balaban J connectivity index is 1.99. The summed E-state index contributed by atoms with van der Waals surface area (Å²) in [7, 11) is 0. The van der Waals surface area contributed by atoms with Gasteiger partial charge in [0.15, 0.2) is 0 Å². The Hall–Kier alpha value is -2.63. The molecule has 0 bridgehead atoms. The summed E-state index contributed by atoms with van der Waals surface area (Å²) in [5.41, 5.74) is 2.52. The van der Waals surface area contributed by atoms with E-state index in [1.165, 1.54) is 0 Å². The van der Waals surface area contributed by atoms with E-state index in [9.17, 15) is 5.11 Å². The number of halogens is 1. The molecule has 0 aliphatic heterocycles. The van der Waals surface area contributed by atoms with Crippen molar-refractivity contribution in [2.75, 3.05) is 17.2 Å². The highest BCUT2D eigenvalue weighted by atomic mass is 35.5. The smallest absolute Gasteiger partial charge is 0.225 e. The number of hydrogen-bond acceptors (Lipinski definition) is 5. The van der Waals surface area contributed by atoms with Crippen LogP contribution >= 0.6 is 11.6 Å². The second-order valence-electron chi connectivity index (χ2n) is 5.66. The molecule has 0 saturated carbocycles. The van der Waals surface area contributed by atoms with Crippen LogP contribution in [0.5, 0.6) is 0 Å². The Morgan fingerprint density at radius 2 is 1.76 bits per heavy atom. The van der Waals surface area contributed by atoms with Gasteiger partial charge in [-0.15, -0.1) is 0 Å². The van der Waals surface area contributed by atoms with Crippen LogP contribution in [0.15, 0.2) is 60.7 Å². The van der Waals surface area contributed by atoms with Crippen LogP contribution < -0.4 is 10.6 Å². The van der Waals surface area contributed by atoms with Crippen molar-refractivity contribution in [1.82, 2.24) is 9.97 Å². The second kappa shape index (κ2) is 7.96. The number of aromatic nitrogens is 2. The lowest BCUT2D eigenvalue weighted by Gasteiger charge is -2.14. The number of anilines is 3. The van der Waals surface area contributed by atoms with Crippen molar-refractivity contribution in [2.24, 2.45) is 0 Å². The third kappa shape index (κ3) is 4.47. The fourth-order valence-electron chi connectivity index (χ4n) is 2.30. The first-order valence-electron chi connectivity index (χ1n) is 7.99. The molecule has 25 heavy (non-hydrogen) atoms. The first-order valence-corrected chi connectivity index (χ1v) is 8.37. The minimum absolute atomic E-state index is 0.00774. The van der Waals surface area contributed by atoms with E-state index in [2.05, 4.69) is 20.6 Å². The first kappa shape index (κ1) is 17.2. The third-order valence-electron chi connectivity index (χ3n) is 3.58. The van der Waals surface area contributed by atoms with Crippen molar-refractivity contribution < 1.29 is 5.11 Å². The van der Waals surface area contributed by atoms with E-state index in [0.29, 0.717) is 16.8 Å². The van der Waals surface area contributed by atoms with Crippen molar-refractivity contribution in [1.29, 1.82) is 0 Å². The molecule has 0 spiro atoms. The largest absolute Gasteiger partial charge is 0.394 e. The Morgan fingerprint density at radius 3 is 2.48 bits per heavy atom. The number of benzene rings is 2. The van der Waals surface area contributed by atoms with Gasteiger partial charge in [0.2, 0.25) is 5.95 Å². The molecule has 3 aromatic rings. The molecule has 5 nitrogen and oxygen atoms in total. The van der Waals surface area contributed by atoms with Crippen molar-refractivity contribution in [2.45, 2.75) is 13.0 Å². The number of nitrogens with zero attached hydrogens (tertiary/aromatic N) is 2. The van der Waals surface area contributed by atoms with Gasteiger partial charge in [0.05, 0.1) is 23.0 Å². The lowest BCUT2D eigenvalue weighted by molar-refractivity contribution is 0.281. The molecule has 0 fully saturated rings. The summed E-state index contributed by atoms with van der Waals surface area (Å²) in [5, 5.41) is 16.2. The molecule has 128 valence electrons. The van der Waals surface area contributed by atoms with E-state index < -0.39 is 0 Å². The van der Waals surface area contributed by atoms with E-state index in [0.717, 1.165) is 16.9 Å². The van der Waals surface area contributed by atoms with Gasteiger partial charge in [-0.25, -0.2) is 4.98 Å². The predicted molar refractivity (Wildman–Crippen MR) is 102 cm³/mol. The van der Waals surface area contributed by atoms with E-state index in [1.54, 1.807) is 0 Å². The number of hydrogen-bond donors (Lipinski definition) is 3. The van der Waals surface area contributed by atoms with Crippen molar-refractivity contribution in [3.05, 3.63) is 65.7 Å². The monoisotopic (exact) mass is 354 g/mol. The highest BCUT2D eigenvalue weighted by Gasteiger charge is 2.10. The number of para-hydroxylation sites is 1. The summed E-state index contributed by atoms with van der Waals surface area (Å²) in [5.74, 6) is 1.06. The van der Waals surface area contributed by atoms with Crippen LogP contribution in [0.3, 0.4) is 0 Å². The molecule has 1 atom stereocenters. The molecule has 0 aliphatic carbocycles. The molecular weight excluding hydrogens is 336 g/mol. The fraction of sp³-hybridized carbons (Fsp3) is 0.158. The van der Waals surface area contributed by atoms with Crippen LogP contribution in [0.2, 0.25) is 5.02 Å². The summed E-state index contributed by atoms with van der Waals surface area (Å²) in [6, 6.07) is 19.0. The van der Waals surface area contributed by atoms with Gasteiger partial charge >= 0.3 is 0 Å². The van der Waals surface area contributed by atoms with Gasteiger partial charge in [0.25, 0.3) is 0 Å². The predicted octanol–water partition coefficient (Wildman–Crippen LogP) is 4.33. The zero-order valence-electron chi connectivity index (χ0n) is 13.8. The zero-order valence-corrected chi connectivity index (χ0v) is 14.5. The maximum atomic E-state index is 9.27. The molecule has 1 aromatic heterocycles. The van der Waals surface area contributed by atoms with Gasteiger partial charge in [-0.1, -0.05) is 54.1 Å². The minimum atomic E-state index is -0.154. The van der Waals surface area contributed by atoms with E-state index in [4.69, 9.17) is 11.6 Å². The molecule has 0 unspecified atom stereocenters. The maximum Gasteiger partial charge on any atom is 0.225 e. The molecule has 2 aromatic carbocycles. The number of nitrogens with one attached hydrogen (secondary N) is 2. The quantitative estimate of drug-likeness (QED) is 0.614. The molecular formula is C19H19ClN4O. The molecule has 0 saturated heterocycles. The van der Waals surface area contributed by atoms with Gasteiger partial charge in [0.1, 0.15) is 5.82 Å². The zero-order chi connectivity index (χ0) is 17.6. The molecule has 3 rings (SSSR count). The molecule has 6 heteroatoms. The van der Waals surface area contributed by atoms with Crippen molar-refractivity contribution in [3.63, 3.8) is 0 Å². The highest BCUT2D eigenvalue weighted by molar-refractivity contribution is 6.33. The Bertz CT molecular complexity index is 842. The minimum Gasteiger partial charge on any atom is -0.394 e. The molecule has 0 aliphatic rings. The van der Waals surface area contributed by atoms with Crippen LogP contribution in [0.1, 0.15) is 6.92 Å². The average molecular weight is 355 g/mol. The summed E-state index contributed by atoms with van der Waals surface area (Å²) in [6.07, 6.45) is 0. The summed E-state index contributed by atoms with van der Waals surface area (Å²) < 4.78 is 0. The molecule has 0 radical (unpaired) electrons. The Morgan fingerprint density at radius 1 is 1.04 bits per heavy atom. The number of aliphatic hydroxyl groups is 1. The standard InChI is InChI=1S/C19H19ClN4O/c1-13(12-25)21-19-23-17(14-7-3-2-4-8-14)11-18(24-19)22-16-10-6-5-9-15(16)20/h2-11,13,25H,12H2,1H3,(H2,21,22,23,24)/t13-/m0/s1. The SMILES string of the molecule is C[C@@H](CO)Nc1nc(Nc2ccccc2Cl)cc(-c2ccccc2)n1. The van der Waals surface area contributed by atoms with Crippen LogP contribution in [0.4, 0.5) is 17.5 Å². The third-order valence-corrected chi connectivity index (χ3v) is 3.91. The van der Waals surface area contributed by atoms with E-state index in [1.807, 2.05) is 67.6 Å². The summed E-state index contributed by atoms with van der Waals surface area (Å²) in [6.45, 7) is 1.85. The highest BCUT2D eigenvalue weighted by Crippen LogP contribution is 2.27. The summed E-state index contributed by atoms with van der Waals surface area (Å²) in [4.78, 5) is 9.03. The first-order chi connectivity index (χ1) is 12.2. The second-order valence-corrected chi connectivity index (χ2v) is 6.07. The van der Waals surface area contributed by atoms with Gasteiger partial charge in [-0.05, 0) is 19.1 Å². The Kier molecular flexibility index (Phi) is 5.48. The fourth-order valence-corrected chi connectivity index (χ4v) is 2.48. The van der Waals surface area contributed by atoms with E-state index in [-0.39, 0.29) is 12.6 Å². The Labute approximate surface area is 151 Å². The summed E-state index contributed by atoms with van der Waals surface area (Å²) >= 11 is 6.22. The lowest BCUT2D eigenvalue weighted by atomic mass is 10.1. The molecule has 0 amide bonds. The van der Waals surface area contributed by atoms with Crippen molar-refractivity contribution >= 4 is 29.1 Å². The van der Waals surface area contributed by atoms with Gasteiger partial charge in [0, 0.05) is 17.7 Å².